The van der Waals surface area contributed by atoms with E-state index < -0.39 is 5.60 Å². The maximum atomic E-state index is 12.0. The molecule has 1 N–H and O–H groups in total. The predicted molar refractivity (Wildman–Crippen MR) is 98.4 cm³/mol. The predicted octanol–water partition coefficient (Wildman–Crippen LogP) is 2.60. The van der Waals surface area contributed by atoms with Gasteiger partial charge >= 0.3 is 6.09 Å². The molecule has 26 heavy (non-hydrogen) atoms. The van der Waals surface area contributed by atoms with Crippen molar-refractivity contribution in [1.82, 2.24) is 15.3 Å². The Morgan fingerprint density at radius 3 is 2.62 bits per heavy atom. The number of fused-ring (bicyclic) bond motifs is 2. The van der Waals surface area contributed by atoms with Crippen molar-refractivity contribution in [2.75, 3.05) is 25.1 Å². The van der Waals surface area contributed by atoms with Crippen LogP contribution in [0.3, 0.4) is 0 Å². The van der Waals surface area contributed by atoms with Crippen molar-refractivity contribution in [2.24, 2.45) is 11.8 Å². The Balaban J connectivity index is 1.44. The molecular formula is C19H24N4O3. The number of nitrogens with zero attached hydrogens (tertiary/aromatic N) is 3. The number of nitrogens with one attached hydrogen (secondary N) is 1. The first-order valence-electron chi connectivity index (χ1n) is 8.90. The second-order valence-electron chi connectivity index (χ2n) is 7.96. The van der Waals surface area contributed by atoms with E-state index in [2.05, 4.69) is 20.2 Å². The first-order valence-corrected chi connectivity index (χ1v) is 8.90. The van der Waals surface area contributed by atoms with Crippen molar-refractivity contribution in [3.8, 4) is 5.88 Å². The highest BCUT2D eigenvalue weighted by molar-refractivity contribution is 5.88. The lowest BCUT2D eigenvalue weighted by atomic mass is 10.2. The van der Waals surface area contributed by atoms with Crippen LogP contribution >= 0.6 is 0 Å². The number of amides is 1. The summed E-state index contributed by atoms with van der Waals surface area (Å²) in [6.45, 7) is 7.40. The topological polar surface area (TPSA) is 76.6 Å². The number of hydrogen-bond acceptors (Lipinski definition) is 6. The summed E-state index contributed by atoms with van der Waals surface area (Å²) in [6, 6.07) is 5.95. The van der Waals surface area contributed by atoms with Gasteiger partial charge in [0.1, 0.15) is 11.1 Å². The number of ether oxygens (including phenoxy) is 2. The summed E-state index contributed by atoms with van der Waals surface area (Å²) in [5.74, 6) is 1.49. The molecule has 1 aliphatic heterocycles. The van der Waals surface area contributed by atoms with Crippen LogP contribution in [-0.2, 0) is 4.74 Å². The lowest BCUT2D eigenvalue weighted by molar-refractivity contribution is 0.0518. The maximum absolute atomic E-state index is 12.0. The number of carbonyl (C=O) groups is 1. The van der Waals surface area contributed by atoms with E-state index in [-0.39, 0.29) is 12.1 Å². The van der Waals surface area contributed by atoms with Crippen LogP contribution in [0.2, 0.25) is 0 Å². The number of aromatic nitrogens is 2. The van der Waals surface area contributed by atoms with Crippen molar-refractivity contribution < 1.29 is 14.3 Å². The van der Waals surface area contributed by atoms with E-state index >= 15 is 0 Å². The molecule has 2 aromatic rings. The summed E-state index contributed by atoms with van der Waals surface area (Å²) in [4.78, 5) is 23.2. The number of methoxy groups -OCH3 is 1. The second kappa shape index (κ2) is 6.00. The third kappa shape index (κ3) is 3.13. The number of pyridine rings is 2. The van der Waals surface area contributed by atoms with Crippen LogP contribution < -0.4 is 15.0 Å². The first-order chi connectivity index (χ1) is 12.4. The number of anilines is 1. The molecule has 0 unspecified atom stereocenters. The number of piperidine rings is 1. The van der Waals surface area contributed by atoms with Gasteiger partial charge in [0.2, 0.25) is 5.88 Å². The summed E-state index contributed by atoms with van der Waals surface area (Å²) in [5, 5.41) is 3.00. The summed E-state index contributed by atoms with van der Waals surface area (Å²) in [6.07, 6.45) is 1.48. The van der Waals surface area contributed by atoms with E-state index in [0.29, 0.717) is 17.7 Å². The van der Waals surface area contributed by atoms with Crippen LogP contribution in [-0.4, -0.2) is 47.9 Å². The molecule has 1 saturated heterocycles. The fourth-order valence-corrected chi connectivity index (χ4v) is 3.74. The Bertz CT molecular complexity index is 836. The van der Waals surface area contributed by atoms with Gasteiger partial charge in [-0.05, 0) is 32.9 Å². The summed E-state index contributed by atoms with van der Waals surface area (Å²) in [7, 11) is 1.61. The van der Waals surface area contributed by atoms with Gasteiger partial charge in [0.15, 0.2) is 0 Å². The quantitative estimate of drug-likeness (QED) is 0.911. The van der Waals surface area contributed by atoms with Crippen molar-refractivity contribution >= 4 is 22.8 Å². The molecule has 0 spiro atoms. The maximum Gasteiger partial charge on any atom is 0.407 e. The number of alkyl carbamates (subject to hydrolysis) is 1. The third-order valence-corrected chi connectivity index (χ3v) is 4.96. The Labute approximate surface area is 152 Å². The zero-order valence-corrected chi connectivity index (χ0v) is 15.5. The molecule has 2 fully saturated rings. The minimum absolute atomic E-state index is 0.205. The first kappa shape index (κ1) is 16.9. The molecule has 1 amide bonds. The molecule has 2 aromatic heterocycles. The van der Waals surface area contributed by atoms with E-state index in [0.717, 1.165) is 29.8 Å². The summed E-state index contributed by atoms with van der Waals surface area (Å²) in [5.41, 5.74) is 2.30. The fourth-order valence-electron chi connectivity index (χ4n) is 3.74. The van der Waals surface area contributed by atoms with Gasteiger partial charge in [0, 0.05) is 43.2 Å². The zero-order valence-electron chi connectivity index (χ0n) is 15.5. The average molecular weight is 356 g/mol. The van der Waals surface area contributed by atoms with Gasteiger partial charge in [0.05, 0.1) is 18.3 Å². The average Bonchev–Trinajstić information content (AvgIpc) is 3.02. The SMILES string of the molecule is COc1ccc2nccc(N3C[C@@H]4[C@H](C3)[C@H]4NC(=O)OC(C)(C)C)c2n1. The molecular weight excluding hydrogens is 332 g/mol. The van der Waals surface area contributed by atoms with Gasteiger partial charge in [-0.1, -0.05) is 0 Å². The lowest BCUT2D eigenvalue weighted by Gasteiger charge is -2.24. The van der Waals surface area contributed by atoms with Crippen LogP contribution in [0.25, 0.3) is 11.0 Å². The number of hydrogen-bond donors (Lipinski definition) is 1. The molecule has 1 aliphatic carbocycles. The minimum Gasteiger partial charge on any atom is -0.481 e. The molecule has 3 heterocycles. The molecule has 3 atom stereocenters. The monoisotopic (exact) mass is 356 g/mol. The van der Waals surface area contributed by atoms with Gasteiger partial charge in [-0.3, -0.25) is 4.98 Å². The van der Waals surface area contributed by atoms with Gasteiger partial charge in [-0.25, -0.2) is 9.78 Å². The molecule has 7 heteroatoms. The summed E-state index contributed by atoms with van der Waals surface area (Å²) < 4.78 is 10.6. The van der Waals surface area contributed by atoms with Gasteiger partial charge in [-0.2, -0.15) is 0 Å². The highest BCUT2D eigenvalue weighted by atomic mass is 16.6. The van der Waals surface area contributed by atoms with Crippen LogP contribution in [0.15, 0.2) is 24.4 Å². The Morgan fingerprint density at radius 1 is 1.23 bits per heavy atom. The van der Waals surface area contributed by atoms with Gasteiger partial charge in [-0.15, -0.1) is 0 Å². The molecule has 7 nitrogen and oxygen atoms in total. The number of rotatable bonds is 3. The molecule has 0 aromatic carbocycles. The van der Waals surface area contributed by atoms with Crippen LogP contribution in [0.4, 0.5) is 10.5 Å². The van der Waals surface area contributed by atoms with E-state index in [1.165, 1.54) is 0 Å². The standard InChI is InChI=1S/C19H24N4O3/c1-19(2,3)26-18(24)22-16-11-9-23(10-12(11)16)14-7-8-20-13-5-6-15(25-4)21-17(13)14/h5-8,11-12,16H,9-10H2,1-4H3,(H,22,24)/t11-,12+,16+. The van der Waals surface area contributed by atoms with Crippen LogP contribution in [0, 0.1) is 11.8 Å². The Hall–Kier alpha value is -2.57. The van der Waals surface area contributed by atoms with Crippen molar-refractivity contribution in [1.29, 1.82) is 0 Å². The highest BCUT2D eigenvalue weighted by Crippen LogP contribution is 2.47. The Morgan fingerprint density at radius 2 is 1.96 bits per heavy atom. The molecule has 2 aliphatic rings. The molecule has 1 saturated carbocycles. The normalized spacial score (nSPS) is 24.3. The third-order valence-electron chi connectivity index (χ3n) is 4.96. The smallest absolute Gasteiger partial charge is 0.407 e. The number of carbonyl (C=O) groups excluding carboxylic acids is 1. The molecule has 0 bridgehead atoms. The lowest BCUT2D eigenvalue weighted by Crippen LogP contribution is -2.38. The highest BCUT2D eigenvalue weighted by Gasteiger charge is 2.57. The minimum atomic E-state index is -0.471. The van der Waals surface area contributed by atoms with E-state index in [1.54, 1.807) is 7.11 Å². The Kier molecular flexibility index (Phi) is 3.89. The van der Waals surface area contributed by atoms with E-state index in [9.17, 15) is 4.79 Å². The largest absolute Gasteiger partial charge is 0.481 e. The van der Waals surface area contributed by atoms with Crippen LogP contribution in [0.1, 0.15) is 20.8 Å². The van der Waals surface area contributed by atoms with Crippen molar-refractivity contribution in [3.05, 3.63) is 24.4 Å². The van der Waals surface area contributed by atoms with E-state index in [4.69, 9.17) is 9.47 Å². The van der Waals surface area contributed by atoms with Crippen molar-refractivity contribution in [2.45, 2.75) is 32.4 Å². The molecule has 4 rings (SSSR count). The zero-order chi connectivity index (χ0) is 18.5. The van der Waals surface area contributed by atoms with Crippen LogP contribution in [0.5, 0.6) is 5.88 Å². The summed E-state index contributed by atoms with van der Waals surface area (Å²) >= 11 is 0. The molecule has 138 valence electrons. The molecule has 0 radical (unpaired) electrons. The van der Waals surface area contributed by atoms with Gasteiger partial charge in [0.25, 0.3) is 0 Å². The van der Waals surface area contributed by atoms with E-state index in [1.807, 2.05) is 45.2 Å². The second-order valence-corrected chi connectivity index (χ2v) is 7.96. The van der Waals surface area contributed by atoms with Gasteiger partial charge < -0.3 is 19.7 Å². The fraction of sp³-hybridized carbons (Fsp3) is 0.526. The van der Waals surface area contributed by atoms with Crippen molar-refractivity contribution in [3.63, 3.8) is 0 Å².